The maximum Gasteiger partial charge on any atom is 0.416 e. The summed E-state index contributed by atoms with van der Waals surface area (Å²) in [7, 11) is 0. The van der Waals surface area contributed by atoms with Crippen LogP contribution in [0.1, 0.15) is 38.7 Å². The SMILES string of the molecule is Cc1cc(=O)c(C(=O)Nc2nc3c(s2)CCC3)nn1-c1cccc(C(F)(F)F)c1. The number of carbonyl (C=O) groups excluding carboxylic acids is 1. The lowest BCUT2D eigenvalue weighted by Gasteiger charge is -2.13. The molecule has 1 N–H and O–H groups in total. The average molecular weight is 420 g/mol. The molecule has 0 fully saturated rings. The Morgan fingerprint density at radius 1 is 1.24 bits per heavy atom. The number of amides is 1. The van der Waals surface area contributed by atoms with E-state index >= 15 is 0 Å². The highest BCUT2D eigenvalue weighted by Crippen LogP contribution is 2.31. The van der Waals surface area contributed by atoms with E-state index in [4.69, 9.17) is 0 Å². The van der Waals surface area contributed by atoms with Gasteiger partial charge in [-0.2, -0.15) is 18.3 Å². The molecule has 0 spiro atoms. The van der Waals surface area contributed by atoms with E-state index < -0.39 is 28.8 Å². The Morgan fingerprint density at radius 3 is 2.76 bits per heavy atom. The van der Waals surface area contributed by atoms with Crippen LogP contribution >= 0.6 is 11.3 Å². The first-order valence-corrected chi connectivity index (χ1v) is 9.62. The average Bonchev–Trinajstić information content (AvgIpc) is 3.22. The second-order valence-corrected chi connectivity index (χ2v) is 7.74. The molecule has 29 heavy (non-hydrogen) atoms. The van der Waals surface area contributed by atoms with Crippen molar-refractivity contribution >= 4 is 22.4 Å². The van der Waals surface area contributed by atoms with E-state index in [1.165, 1.54) is 36.5 Å². The van der Waals surface area contributed by atoms with Gasteiger partial charge in [-0.15, -0.1) is 11.3 Å². The van der Waals surface area contributed by atoms with Gasteiger partial charge in [-0.25, -0.2) is 9.67 Å². The largest absolute Gasteiger partial charge is 0.416 e. The Labute approximate surface area is 167 Å². The van der Waals surface area contributed by atoms with Gasteiger partial charge >= 0.3 is 6.18 Å². The van der Waals surface area contributed by atoms with Crippen LogP contribution in [0.2, 0.25) is 0 Å². The van der Waals surface area contributed by atoms with Crippen molar-refractivity contribution in [1.82, 2.24) is 14.8 Å². The Hall–Kier alpha value is -3.01. The summed E-state index contributed by atoms with van der Waals surface area (Å²) >= 11 is 1.35. The third-order valence-electron chi connectivity index (χ3n) is 4.56. The van der Waals surface area contributed by atoms with Crippen molar-refractivity contribution in [3.63, 3.8) is 0 Å². The number of hydrogen-bond donors (Lipinski definition) is 1. The zero-order chi connectivity index (χ0) is 20.8. The van der Waals surface area contributed by atoms with Crippen LogP contribution in [0, 0.1) is 6.92 Å². The molecule has 10 heteroatoms. The van der Waals surface area contributed by atoms with Gasteiger partial charge in [0, 0.05) is 16.6 Å². The lowest BCUT2D eigenvalue weighted by molar-refractivity contribution is -0.137. The number of halogens is 3. The molecular weight excluding hydrogens is 405 g/mol. The van der Waals surface area contributed by atoms with Gasteiger partial charge in [0.2, 0.25) is 5.43 Å². The Kier molecular flexibility index (Phi) is 4.73. The fourth-order valence-electron chi connectivity index (χ4n) is 3.18. The van der Waals surface area contributed by atoms with Crippen LogP contribution in [0.25, 0.3) is 5.69 Å². The third-order valence-corrected chi connectivity index (χ3v) is 5.63. The summed E-state index contributed by atoms with van der Waals surface area (Å²) in [4.78, 5) is 30.3. The minimum absolute atomic E-state index is 0.0969. The molecule has 6 nitrogen and oxygen atoms in total. The van der Waals surface area contributed by atoms with E-state index in [9.17, 15) is 22.8 Å². The molecular formula is C19H15F3N4O2S. The van der Waals surface area contributed by atoms with Crippen molar-refractivity contribution in [1.29, 1.82) is 0 Å². The molecule has 1 amide bonds. The molecule has 1 aliphatic carbocycles. The van der Waals surface area contributed by atoms with E-state index in [1.807, 2.05) is 0 Å². The number of thiazole rings is 1. The normalized spacial score (nSPS) is 13.4. The standard InChI is InChI=1S/C19H15F3N4O2S/c1-10-8-14(27)16(17(28)24-18-23-13-6-3-7-15(13)29-18)25-26(10)12-5-2-4-11(9-12)19(20,21)22/h2,4-5,8-9H,3,6-7H2,1H3,(H,23,24,28). The molecule has 2 heterocycles. The lowest BCUT2D eigenvalue weighted by Crippen LogP contribution is -2.27. The predicted octanol–water partition coefficient (Wildman–Crippen LogP) is 3.76. The van der Waals surface area contributed by atoms with Gasteiger partial charge in [-0.05, 0) is 44.4 Å². The highest BCUT2D eigenvalue weighted by molar-refractivity contribution is 7.15. The van der Waals surface area contributed by atoms with Crippen molar-refractivity contribution in [3.05, 3.63) is 68.1 Å². The van der Waals surface area contributed by atoms with Crippen LogP contribution in [0.5, 0.6) is 0 Å². The first kappa shape index (κ1) is 19.3. The first-order valence-electron chi connectivity index (χ1n) is 8.81. The second-order valence-electron chi connectivity index (χ2n) is 6.66. The number of anilines is 1. The fraction of sp³-hybridized carbons (Fsp3) is 0.263. The van der Waals surface area contributed by atoms with Crippen LogP contribution in [0.3, 0.4) is 0 Å². The number of alkyl halides is 3. The molecule has 3 aromatic rings. The summed E-state index contributed by atoms with van der Waals surface area (Å²) in [6.07, 6.45) is -1.72. The van der Waals surface area contributed by atoms with Gasteiger partial charge < -0.3 is 0 Å². The number of carbonyl (C=O) groups is 1. The quantitative estimate of drug-likeness (QED) is 0.700. The minimum Gasteiger partial charge on any atom is -0.296 e. The van der Waals surface area contributed by atoms with E-state index in [2.05, 4.69) is 15.4 Å². The van der Waals surface area contributed by atoms with Gasteiger partial charge in [0.1, 0.15) is 0 Å². The molecule has 0 saturated heterocycles. The molecule has 150 valence electrons. The van der Waals surface area contributed by atoms with E-state index in [1.54, 1.807) is 0 Å². The van der Waals surface area contributed by atoms with Crippen molar-refractivity contribution in [2.75, 3.05) is 5.32 Å². The van der Waals surface area contributed by atoms with Crippen molar-refractivity contribution in [3.8, 4) is 5.69 Å². The van der Waals surface area contributed by atoms with E-state index in [0.717, 1.165) is 46.6 Å². The molecule has 0 saturated carbocycles. The second kappa shape index (κ2) is 7.11. The molecule has 4 rings (SSSR count). The number of nitrogens with one attached hydrogen (secondary N) is 1. The Morgan fingerprint density at radius 2 is 2.03 bits per heavy atom. The summed E-state index contributed by atoms with van der Waals surface area (Å²) in [5.41, 5.74) is -0.531. The Balaban J connectivity index is 1.68. The molecule has 1 aromatic carbocycles. The number of aromatic nitrogens is 3. The number of aryl methyl sites for hydroxylation is 3. The highest BCUT2D eigenvalue weighted by Gasteiger charge is 2.30. The summed E-state index contributed by atoms with van der Waals surface area (Å²) in [5, 5.41) is 6.98. The lowest BCUT2D eigenvalue weighted by atomic mass is 10.2. The maximum atomic E-state index is 13.0. The van der Waals surface area contributed by atoms with Gasteiger partial charge in [0.05, 0.1) is 16.9 Å². The molecule has 0 bridgehead atoms. The zero-order valence-electron chi connectivity index (χ0n) is 15.2. The fourth-order valence-corrected chi connectivity index (χ4v) is 4.23. The van der Waals surface area contributed by atoms with Crippen LogP contribution in [0.4, 0.5) is 18.3 Å². The van der Waals surface area contributed by atoms with E-state index in [-0.39, 0.29) is 5.69 Å². The number of benzene rings is 1. The first-order chi connectivity index (χ1) is 13.7. The van der Waals surface area contributed by atoms with Crippen LogP contribution in [0.15, 0.2) is 35.1 Å². The summed E-state index contributed by atoms with van der Waals surface area (Å²) in [6, 6.07) is 5.69. The van der Waals surface area contributed by atoms with Crippen LogP contribution in [-0.2, 0) is 19.0 Å². The summed E-state index contributed by atoms with van der Waals surface area (Å²) < 4.78 is 40.2. The van der Waals surface area contributed by atoms with Crippen molar-refractivity contribution < 1.29 is 18.0 Å². The van der Waals surface area contributed by atoms with Crippen LogP contribution in [-0.4, -0.2) is 20.7 Å². The monoisotopic (exact) mass is 420 g/mol. The van der Waals surface area contributed by atoms with Gasteiger partial charge in [-0.1, -0.05) is 6.07 Å². The molecule has 0 unspecified atom stereocenters. The summed E-state index contributed by atoms with van der Waals surface area (Å²) in [6.45, 7) is 1.53. The molecule has 0 atom stereocenters. The zero-order valence-corrected chi connectivity index (χ0v) is 16.0. The van der Waals surface area contributed by atoms with Gasteiger partial charge in [0.25, 0.3) is 5.91 Å². The molecule has 0 aliphatic heterocycles. The molecule has 0 radical (unpaired) electrons. The van der Waals surface area contributed by atoms with Crippen LogP contribution < -0.4 is 10.7 Å². The maximum absolute atomic E-state index is 13.0. The topological polar surface area (TPSA) is 76.9 Å². The number of rotatable bonds is 3. The number of nitrogens with zero attached hydrogens (tertiary/aromatic N) is 3. The smallest absolute Gasteiger partial charge is 0.296 e. The molecule has 1 aliphatic rings. The van der Waals surface area contributed by atoms with Crippen molar-refractivity contribution in [2.45, 2.75) is 32.4 Å². The third kappa shape index (κ3) is 3.80. The Bertz CT molecular complexity index is 1150. The van der Waals surface area contributed by atoms with Gasteiger partial charge in [-0.3, -0.25) is 14.9 Å². The molecule has 2 aromatic heterocycles. The van der Waals surface area contributed by atoms with Gasteiger partial charge in [0.15, 0.2) is 10.8 Å². The highest BCUT2D eigenvalue weighted by atomic mass is 32.1. The number of hydrogen-bond acceptors (Lipinski definition) is 5. The minimum atomic E-state index is -4.52. The summed E-state index contributed by atoms with van der Waals surface area (Å²) in [5.74, 6) is -0.747. The van der Waals surface area contributed by atoms with E-state index in [0.29, 0.717) is 10.8 Å². The number of fused-ring (bicyclic) bond motifs is 1. The van der Waals surface area contributed by atoms with Crippen molar-refractivity contribution in [2.24, 2.45) is 0 Å². The predicted molar refractivity (Wildman–Crippen MR) is 102 cm³/mol.